The highest BCUT2D eigenvalue weighted by Crippen LogP contribution is 2.18. The van der Waals surface area contributed by atoms with Crippen LogP contribution in [0.2, 0.25) is 0 Å². The summed E-state index contributed by atoms with van der Waals surface area (Å²) in [6, 6.07) is 20.0. The molecule has 120 valence electrons. The van der Waals surface area contributed by atoms with Crippen molar-refractivity contribution < 1.29 is 4.79 Å². The Morgan fingerprint density at radius 2 is 1.54 bits per heavy atom. The minimum atomic E-state index is -0.296. The van der Waals surface area contributed by atoms with E-state index in [1.807, 2.05) is 47.8 Å². The maximum absolute atomic E-state index is 11.9. The van der Waals surface area contributed by atoms with Crippen molar-refractivity contribution >= 4 is 40.3 Å². The van der Waals surface area contributed by atoms with Crippen LogP contribution in [0, 0.1) is 0 Å². The highest BCUT2D eigenvalue weighted by Gasteiger charge is 2.03. The van der Waals surface area contributed by atoms with Crippen LogP contribution < -0.4 is 16.4 Å². The van der Waals surface area contributed by atoms with Gasteiger partial charge < -0.3 is 16.4 Å². The van der Waals surface area contributed by atoms with Gasteiger partial charge in [-0.1, -0.05) is 24.3 Å². The lowest BCUT2D eigenvalue weighted by atomic mass is 10.3. The van der Waals surface area contributed by atoms with E-state index in [1.54, 1.807) is 35.6 Å². The quantitative estimate of drug-likeness (QED) is 0.487. The zero-order chi connectivity index (χ0) is 16.8. The summed E-state index contributed by atoms with van der Waals surface area (Å²) in [5.41, 5.74) is 8.10. The van der Waals surface area contributed by atoms with E-state index in [0.717, 1.165) is 16.3 Å². The molecule has 2 aromatic carbocycles. The van der Waals surface area contributed by atoms with Crippen LogP contribution in [0.3, 0.4) is 0 Å². The maximum atomic E-state index is 11.9. The molecular formula is C18H16N4OS. The van der Waals surface area contributed by atoms with Crippen LogP contribution in [0.1, 0.15) is 4.88 Å². The van der Waals surface area contributed by atoms with Crippen LogP contribution >= 0.6 is 11.3 Å². The predicted octanol–water partition coefficient (Wildman–Crippen LogP) is 4.43. The van der Waals surface area contributed by atoms with Gasteiger partial charge >= 0.3 is 6.03 Å². The van der Waals surface area contributed by atoms with Gasteiger partial charge in [-0.3, -0.25) is 0 Å². The second-order valence-corrected chi connectivity index (χ2v) is 5.91. The van der Waals surface area contributed by atoms with E-state index in [1.165, 1.54) is 0 Å². The van der Waals surface area contributed by atoms with Crippen LogP contribution in [0.5, 0.6) is 0 Å². The second-order valence-electron chi connectivity index (χ2n) is 4.97. The number of para-hydroxylation sites is 1. The van der Waals surface area contributed by atoms with Crippen molar-refractivity contribution in [2.75, 3.05) is 10.6 Å². The number of nitrogens with zero attached hydrogens (tertiary/aromatic N) is 1. The lowest BCUT2D eigenvalue weighted by Gasteiger charge is -2.07. The Morgan fingerprint density at radius 1 is 0.875 bits per heavy atom. The molecule has 0 unspecified atom stereocenters. The minimum Gasteiger partial charge on any atom is -0.383 e. The number of nitrogens with two attached hydrogens (primary N) is 1. The first kappa shape index (κ1) is 15.8. The van der Waals surface area contributed by atoms with E-state index in [2.05, 4.69) is 15.6 Å². The Balaban J connectivity index is 1.62. The largest absolute Gasteiger partial charge is 0.383 e. The molecule has 24 heavy (non-hydrogen) atoms. The number of hydrogen-bond donors (Lipinski definition) is 3. The third-order valence-electron chi connectivity index (χ3n) is 3.18. The molecule has 3 aromatic rings. The number of aliphatic imine (C=N–C) groups is 1. The number of carbonyl (C=O) groups excluding carboxylic acids is 1. The lowest BCUT2D eigenvalue weighted by Crippen LogP contribution is -2.19. The molecular weight excluding hydrogens is 320 g/mol. The third-order valence-corrected chi connectivity index (χ3v) is 4.07. The van der Waals surface area contributed by atoms with Gasteiger partial charge in [0.15, 0.2) is 0 Å². The summed E-state index contributed by atoms with van der Waals surface area (Å²) in [5, 5.41) is 7.48. The molecule has 0 spiro atoms. The Kier molecular flexibility index (Phi) is 4.88. The maximum Gasteiger partial charge on any atom is 0.323 e. The molecule has 0 aliphatic heterocycles. The smallest absolute Gasteiger partial charge is 0.323 e. The van der Waals surface area contributed by atoms with Gasteiger partial charge in [-0.2, -0.15) is 0 Å². The molecule has 3 rings (SSSR count). The summed E-state index contributed by atoms with van der Waals surface area (Å²) in [6.07, 6.45) is 0. The summed E-state index contributed by atoms with van der Waals surface area (Å²) >= 11 is 1.54. The Hall–Kier alpha value is -3.12. The number of carbonyl (C=O) groups is 1. The second kappa shape index (κ2) is 7.43. The van der Waals surface area contributed by atoms with Crippen LogP contribution in [0.25, 0.3) is 0 Å². The first-order chi connectivity index (χ1) is 11.7. The number of nitrogens with one attached hydrogen (secondary N) is 2. The average molecular weight is 336 g/mol. The molecule has 0 radical (unpaired) electrons. The van der Waals surface area contributed by atoms with E-state index in [-0.39, 0.29) is 6.03 Å². The zero-order valence-electron chi connectivity index (χ0n) is 12.8. The summed E-state index contributed by atoms with van der Waals surface area (Å²) in [5.74, 6) is 0.479. The molecule has 2 amide bonds. The van der Waals surface area contributed by atoms with Crippen LogP contribution in [-0.2, 0) is 0 Å². The van der Waals surface area contributed by atoms with Crippen molar-refractivity contribution in [3.05, 3.63) is 77.0 Å². The number of urea groups is 1. The van der Waals surface area contributed by atoms with E-state index in [0.29, 0.717) is 11.5 Å². The van der Waals surface area contributed by atoms with Crippen LogP contribution in [-0.4, -0.2) is 11.9 Å². The fraction of sp³-hybridized carbons (Fsp3) is 0. The lowest BCUT2D eigenvalue weighted by molar-refractivity contribution is 0.262. The van der Waals surface area contributed by atoms with Crippen molar-refractivity contribution in [3.63, 3.8) is 0 Å². The number of thiophene rings is 1. The van der Waals surface area contributed by atoms with Gasteiger partial charge in [0.2, 0.25) is 0 Å². The first-order valence-corrected chi connectivity index (χ1v) is 8.20. The summed E-state index contributed by atoms with van der Waals surface area (Å²) in [4.78, 5) is 17.2. The molecule has 1 heterocycles. The van der Waals surface area contributed by atoms with Crippen LogP contribution in [0.4, 0.5) is 21.9 Å². The van der Waals surface area contributed by atoms with Gasteiger partial charge in [0.25, 0.3) is 0 Å². The van der Waals surface area contributed by atoms with E-state index < -0.39 is 0 Å². The predicted molar refractivity (Wildman–Crippen MR) is 100 cm³/mol. The van der Waals surface area contributed by atoms with Gasteiger partial charge in [0, 0.05) is 11.4 Å². The van der Waals surface area contributed by atoms with Gasteiger partial charge in [-0.25, -0.2) is 9.79 Å². The highest BCUT2D eigenvalue weighted by molar-refractivity contribution is 7.12. The van der Waals surface area contributed by atoms with Crippen molar-refractivity contribution in [1.82, 2.24) is 0 Å². The fourth-order valence-electron chi connectivity index (χ4n) is 2.05. The van der Waals surface area contributed by atoms with E-state index in [9.17, 15) is 4.79 Å². The SMILES string of the molecule is NC(=Nc1ccc(NC(=O)Nc2ccccc2)cc1)c1cccs1. The molecule has 0 bridgehead atoms. The number of benzene rings is 2. The molecule has 0 atom stereocenters. The number of rotatable bonds is 4. The van der Waals surface area contributed by atoms with Gasteiger partial charge in [0.1, 0.15) is 5.84 Å². The Bertz CT molecular complexity index is 827. The fourth-order valence-corrected chi connectivity index (χ4v) is 2.68. The third kappa shape index (κ3) is 4.21. The van der Waals surface area contributed by atoms with Gasteiger partial charge in [-0.15, -0.1) is 11.3 Å². The van der Waals surface area contributed by atoms with Crippen molar-refractivity contribution in [3.8, 4) is 0 Å². The molecule has 5 nitrogen and oxygen atoms in total. The topological polar surface area (TPSA) is 79.5 Å². The molecule has 0 aliphatic rings. The number of anilines is 2. The standard InChI is InChI=1S/C18H16N4OS/c19-17(16-7-4-12-24-16)20-14-8-10-15(11-9-14)22-18(23)21-13-5-2-1-3-6-13/h1-12H,(H2,19,20)(H2,21,22,23). The highest BCUT2D eigenvalue weighted by atomic mass is 32.1. The molecule has 0 saturated heterocycles. The normalized spacial score (nSPS) is 11.1. The van der Waals surface area contributed by atoms with Crippen LogP contribution in [0.15, 0.2) is 77.1 Å². The van der Waals surface area contributed by atoms with E-state index >= 15 is 0 Å². The number of hydrogen-bond acceptors (Lipinski definition) is 3. The summed E-state index contributed by atoms with van der Waals surface area (Å²) in [7, 11) is 0. The molecule has 6 heteroatoms. The van der Waals surface area contributed by atoms with Crippen molar-refractivity contribution in [2.45, 2.75) is 0 Å². The van der Waals surface area contributed by atoms with Gasteiger partial charge in [0.05, 0.1) is 10.6 Å². The average Bonchev–Trinajstić information content (AvgIpc) is 3.12. The first-order valence-electron chi connectivity index (χ1n) is 7.32. The zero-order valence-corrected chi connectivity index (χ0v) is 13.6. The number of amidine groups is 1. The van der Waals surface area contributed by atoms with Gasteiger partial charge in [-0.05, 0) is 47.8 Å². The molecule has 4 N–H and O–H groups in total. The summed E-state index contributed by atoms with van der Waals surface area (Å²) in [6.45, 7) is 0. The minimum absolute atomic E-state index is 0.296. The molecule has 0 fully saturated rings. The Labute approximate surface area is 143 Å². The Morgan fingerprint density at radius 3 is 2.17 bits per heavy atom. The van der Waals surface area contributed by atoms with Crippen molar-refractivity contribution in [2.24, 2.45) is 10.7 Å². The van der Waals surface area contributed by atoms with E-state index in [4.69, 9.17) is 5.73 Å². The van der Waals surface area contributed by atoms with Crippen molar-refractivity contribution in [1.29, 1.82) is 0 Å². The monoisotopic (exact) mass is 336 g/mol. The number of amides is 2. The molecule has 0 aliphatic carbocycles. The molecule has 0 saturated carbocycles. The summed E-state index contributed by atoms with van der Waals surface area (Å²) < 4.78 is 0. The molecule has 1 aromatic heterocycles.